The molecule has 0 heterocycles. The molecule has 0 aromatic heterocycles. The van der Waals surface area contributed by atoms with Gasteiger partial charge in [0.05, 0.1) is 13.2 Å². The summed E-state index contributed by atoms with van der Waals surface area (Å²) >= 11 is 0. The maximum absolute atomic E-state index is 12.9. The molecule has 1 rings (SSSR count). The third-order valence-corrected chi connectivity index (χ3v) is 2.22. The molecule has 0 unspecified atom stereocenters. The summed E-state index contributed by atoms with van der Waals surface area (Å²) in [4.78, 5) is 2.09. The standard InChI is InChI=1S/C12H19FN2O.ClH/c1-15(6-8-16-7-5-14)10-11-3-2-4-12(13)9-11;/h2-4,9H,5-8,10,14H2,1H3;1H. The molecule has 17 heavy (non-hydrogen) atoms. The van der Waals surface area contributed by atoms with Gasteiger partial charge in [-0.15, -0.1) is 12.4 Å². The van der Waals surface area contributed by atoms with Gasteiger partial charge in [-0.05, 0) is 24.7 Å². The van der Waals surface area contributed by atoms with Gasteiger partial charge in [0, 0.05) is 19.6 Å². The number of likely N-dealkylation sites (N-methyl/N-ethyl adjacent to an activating group) is 1. The SMILES string of the molecule is CN(CCOCCN)Cc1cccc(F)c1.Cl. The van der Waals surface area contributed by atoms with Crippen LogP contribution in [0.25, 0.3) is 0 Å². The van der Waals surface area contributed by atoms with E-state index in [2.05, 4.69) is 4.90 Å². The molecular formula is C12H20ClFN2O. The van der Waals surface area contributed by atoms with Crippen molar-refractivity contribution in [2.75, 3.05) is 33.4 Å². The van der Waals surface area contributed by atoms with E-state index in [9.17, 15) is 4.39 Å². The molecule has 0 spiro atoms. The highest BCUT2D eigenvalue weighted by Crippen LogP contribution is 2.05. The first-order valence-electron chi connectivity index (χ1n) is 5.43. The highest BCUT2D eigenvalue weighted by molar-refractivity contribution is 5.85. The van der Waals surface area contributed by atoms with E-state index < -0.39 is 0 Å². The molecule has 0 bridgehead atoms. The summed E-state index contributed by atoms with van der Waals surface area (Å²) in [5, 5.41) is 0. The first-order valence-corrected chi connectivity index (χ1v) is 5.43. The Labute approximate surface area is 108 Å². The van der Waals surface area contributed by atoms with Crippen LogP contribution in [0.5, 0.6) is 0 Å². The zero-order valence-corrected chi connectivity index (χ0v) is 10.9. The average molecular weight is 263 g/mol. The van der Waals surface area contributed by atoms with Crippen LogP contribution in [0.15, 0.2) is 24.3 Å². The van der Waals surface area contributed by atoms with E-state index in [1.807, 2.05) is 13.1 Å². The molecule has 0 saturated carbocycles. The summed E-state index contributed by atoms with van der Waals surface area (Å²) < 4.78 is 18.2. The predicted octanol–water partition coefficient (Wildman–Crippen LogP) is 1.65. The number of benzene rings is 1. The molecular weight excluding hydrogens is 243 g/mol. The molecule has 3 nitrogen and oxygen atoms in total. The van der Waals surface area contributed by atoms with Crippen LogP contribution in [0.4, 0.5) is 4.39 Å². The third kappa shape index (κ3) is 7.28. The number of nitrogens with two attached hydrogens (primary N) is 1. The Balaban J connectivity index is 0.00000256. The van der Waals surface area contributed by atoms with Crippen LogP contribution in [0, 0.1) is 5.82 Å². The van der Waals surface area contributed by atoms with Crippen molar-refractivity contribution in [2.45, 2.75) is 6.54 Å². The van der Waals surface area contributed by atoms with Crippen LogP contribution in [0.3, 0.4) is 0 Å². The van der Waals surface area contributed by atoms with Crippen LogP contribution < -0.4 is 5.73 Å². The van der Waals surface area contributed by atoms with Gasteiger partial charge in [-0.3, -0.25) is 4.90 Å². The number of ether oxygens (including phenoxy) is 1. The molecule has 1 aromatic carbocycles. The van der Waals surface area contributed by atoms with Crippen molar-refractivity contribution in [3.8, 4) is 0 Å². The smallest absolute Gasteiger partial charge is 0.123 e. The minimum atomic E-state index is -0.190. The van der Waals surface area contributed by atoms with Crippen LogP contribution in [-0.4, -0.2) is 38.3 Å². The highest BCUT2D eigenvalue weighted by atomic mass is 35.5. The highest BCUT2D eigenvalue weighted by Gasteiger charge is 2.01. The number of nitrogens with zero attached hydrogens (tertiary/aromatic N) is 1. The molecule has 0 radical (unpaired) electrons. The zero-order chi connectivity index (χ0) is 11.8. The molecule has 0 aliphatic heterocycles. The van der Waals surface area contributed by atoms with Crippen LogP contribution in [-0.2, 0) is 11.3 Å². The Kier molecular flexibility index (Phi) is 8.99. The molecule has 0 aliphatic carbocycles. The van der Waals surface area contributed by atoms with E-state index in [0.717, 1.165) is 18.7 Å². The fraction of sp³-hybridized carbons (Fsp3) is 0.500. The summed E-state index contributed by atoms with van der Waals surface area (Å²) in [5.74, 6) is -0.190. The monoisotopic (exact) mass is 262 g/mol. The normalized spacial score (nSPS) is 10.4. The molecule has 0 amide bonds. The number of halogens is 2. The molecule has 0 aliphatic rings. The fourth-order valence-corrected chi connectivity index (χ4v) is 1.43. The van der Waals surface area contributed by atoms with Gasteiger partial charge in [-0.1, -0.05) is 12.1 Å². The van der Waals surface area contributed by atoms with E-state index in [1.54, 1.807) is 12.1 Å². The van der Waals surface area contributed by atoms with Gasteiger partial charge < -0.3 is 10.5 Å². The van der Waals surface area contributed by atoms with Gasteiger partial charge in [-0.2, -0.15) is 0 Å². The largest absolute Gasteiger partial charge is 0.379 e. The van der Waals surface area contributed by atoms with Crippen molar-refractivity contribution in [1.29, 1.82) is 0 Å². The molecule has 0 atom stereocenters. The Morgan fingerprint density at radius 2 is 2.12 bits per heavy atom. The Bertz CT molecular complexity index is 312. The average Bonchev–Trinajstić information content (AvgIpc) is 2.24. The van der Waals surface area contributed by atoms with Crippen molar-refractivity contribution in [1.82, 2.24) is 4.90 Å². The van der Waals surface area contributed by atoms with Crippen molar-refractivity contribution in [3.63, 3.8) is 0 Å². The van der Waals surface area contributed by atoms with Crippen molar-refractivity contribution in [2.24, 2.45) is 5.73 Å². The van der Waals surface area contributed by atoms with Crippen molar-refractivity contribution < 1.29 is 9.13 Å². The Hall–Kier alpha value is -0.680. The van der Waals surface area contributed by atoms with Gasteiger partial charge >= 0.3 is 0 Å². The van der Waals surface area contributed by atoms with E-state index in [1.165, 1.54) is 6.07 Å². The minimum Gasteiger partial charge on any atom is -0.379 e. The Morgan fingerprint density at radius 1 is 1.35 bits per heavy atom. The van der Waals surface area contributed by atoms with E-state index in [0.29, 0.717) is 19.8 Å². The lowest BCUT2D eigenvalue weighted by Crippen LogP contribution is -2.23. The molecule has 2 N–H and O–H groups in total. The van der Waals surface area contributed by atoms with E-state index >= 15 is 0 Å². The fourth-order valence-electron chi connectivity index (χ4n) is 1.43. The first-order chi connectivity index (χ1) is 7.72. The van der Waals surface area contributed by atoms with Gasteiger partial charge in [0.25, 0.3) is 0 Å². The van der Waals surface area contributed by atoms with E-state index in [4.69, 9.17) is 10.5 Å². The van der Waals surface area contributed by atoms with E-state index in [-0.39, 0.29) is 18.2 Å². The lowest BCUT2D eigenvalue weighted by Gasteiger charge is -2.16. The van der Waals surface area contributed by atoms with Gasteiger partial charge in [-0.25, -0.2) is 4.39 Å². The van der Waals surface area contributed by atoms with Crippen molar-refractivity contribution >= 4 is 12.4 Å². The lowest BCUT2D eigenvalue weighted by molar-refractivity contribution is 0.115. The van der Waals surface area contributed by atoms with Crippen molar-refractivity contribution in [3.05, 3.63) is 35.6 Å². The van der Waals surface area contributed by atoms with Gasteiger partial charge in [0.15, 0.2) is 0 Å². The second-order valence-corrected chi connectivity index (χ2v) is 3.77. The number of hydrogen-bond donors (Lipinski definition) is 1. The molecule has 5 heteroatoms. The topological polar surface area (TPSA) is 38.5 Å². The van der Waals surface area contributed by atoms with Gasteiger partial charge in [0.1, 0.15) is 5.82 Å². The van der Waals surface area contributed by atoms with Crippen LogP contribution in [0.1, 0.15) is 5.56 Å². The molecule has 0 fully saturated rings. The summed E-state index contributed by atoms with van der Waals surface area (Å²) in [5.41, 5.74) is 6.28. The lowest BCUT2D eigenvalue weighted by atomic mass is 10.2. The second-order valence-electron chi connectivity index (χ2n) is 3.77. The quantitative estimate of drug-likeness (QED) is 0.760. The minimum absolute atomic E-state index is 0. The predicted molar refractivity (Wildman–Crippen MR) is 69.9 cm³/mol. The summed E-state index contributed by atoms with van der Waals surface area (Å²) in [6.45, 7) is 3.34. The third-order valence-electron chi connectivity index (χ3n) is 2.22. The number of hydrogen-bond acceptors (Lipinski definition) is 3. The molecule has 0 saturated heterocycles. The molecule has 98 valence electrons. The Morgan fingerprint density at radius 3 is 2.76 bits per heavy atom. The second kappa shape index (κ2) is 9.36. The summed E-state index contributed by atoms with van der Waals surface area (Å²) in [7, 11) is 1.98. The summed E-state index contributed by atoms with van der Waals surface area (Å²) in [6.07, 6.45) is 0. The maximum atomic E-state index is 12.9. The zero-order valence-electron chi connectivity index (χ0n) is 10.1. The van der Waals surface area contributed by atoms with Gasteiger partial charge in [0.2, 0.25) is 0 Å². The van der Waals surface area contributed by atoms with Crippen LogP contribution >= 0.6 is 12.4 Å². The number of rotatable bonds is 7. The van der Waals surface area contributed by atoms with Crippen LogP contribution in [0.2, 0.25) is 0 Å². The first kappa shape index (κ1) is 16.3. The maximum Gasteiger partial charge on any atom is 0.123 e. The molecule has 1 aromatic rings. The summed E-state index contributed by atoms with van der Waals surface area (Å²) in [6, 6.07) is 6.65.